The molecule has 1 saturated heterocycles. The molecule has 1 fully saturated rings. The van der Waals surface area contributed by atoms with Crippen LogP contribution in [-0.4, -0.2) is 67.9 Å². The Balaban J connectivity index is 1.35. The van der Waals surface area contributed by atoms with Crippen LogP contribution in [0.3, 0.4) is 0 Å². The van der Waals surface area contributed by atoms with Crippen molar-refractivity contribution in [1.29, 1.82) is 0 Å². The van der Waals surface area contributed by atoms with Crippen LogP contribution in [0.25, 0.3) is 11.3 Å². The first-order valence-corrected chi connectivity index (χ1v) is 12.9. The first kappa shape index (κ1) is 25.6. The highest BCUT2D eigenvalue weighted by molar-refractivity contribution is 6.37. The lowest BCUT2D eigenvalue weighted by Gasteiger charge is -2.34. The van der Waals surface area contributed by atoms with Crippen molar-refractivity contribution < 1.29 is 14.0 Å². The number of carbonyl (C=O) groups excluding carboxylic acids is 2. The number of fused-ring (bicyclic) bond motifs is 1. The average molecular weight is 514 g/mol. The molecular weight excluding hydrogens is 481 g/mol. The van der Waals surface area contributed by atoms with Crippen LogP contribution in [0.5, 0.6) is 0 Å². The fraction of sp³-hybridized carbons (Fsp3) is 0.267. The van der Waals surface area contributed by atoms with E-state index in [0.29, 0.717) is 29.1 Å². The number of piperazine rings is 1. The van der Waals surface area contributed by atoms with Gasteiger partial charge in [0.25, 0.3) is 5.91 Å². The van der Waals surface area contributed by atoms with Crippen molar-refractivity contribution >= 4 is 40.1 Å². The number of benzene rings is 3. The summed E-state index contributed by atoms with van der Waals surface area (Å²) in [5.41, 5.74) is 4.55. The van der Waals surface area contributed by atoms with E-state index < -0.39 is 5.82 Å². The molecule has 0 radical (unpaired) electrons. The lowest BCUT2D eigenvalue weighted by Crippen LogP contribution is -2.49. The summed E-state index contributed by atoms with van der Waals surface area (Å²) < 4.78 is 13.8. The number of anilines is 3. The zero-order valence-electron chi connectivity index (χ0n) is 21.7. The van der Waals surface area contributed by atoms with E-state index in [-0.39, 0.29) is 11.8 Å². The number of hydrogen-bond donors (Lipinski definition) is 2. The molecule has 0 bridgehead atoms. The van der Waals surface area contributed by atoms with Gasteiger partial charge in [0.1, 0.15) is 5.82 Å². The quantitative estimate of drug-likeness (QED) is 0.460. The van der Waals surface area contributed by atoms with Gasteiger partial charge in [0.2, 0.25) is 5.91 Å². The molecule has 3 aromatic carbocycles. The Bertz CT molecular complexity index is 1350. The molecule has 7 nitrogen and oxygen atoms in total. The van der Waals surface area contributed by atoms with Crippen LogP contribution >= 0.6 is 0 Å². The molecule has 2 aliphatic heterocycles. The molecule has 8 heteroatoms. The largest absolute Gasteiger partial charge is 0.354 e. The molecule has 2 aliphatic rings. The fourth-order valence-corrected chi connectivity index (χ4v) is 4.89. The predicted octanol–water partition coefficient (Wildman–Crippen LogP) is 4.36. The monoisotopic (exact) mass is 513 g/mol. The zero-order chi connectivity index (χ0) is 26.6. The summed E-state index contributed by atoms with van der Waals surface area (Å²) >= 11 is 0. The lowest BCUT2D eigenvalue weighted by atomic mass is 10.00. The van der Waals surface area contributed by atoms with Gasteiger partial charge in [-0.3, -0.25) is 14.5 Å². The molecule has 3 aromatic rings. The Hall–Kier alpha value is -4.01. The summed E-state index contributed by atoms with van der Waals surface area (Å²) in [7, 11) is 1.80. The van der Waals surface area contributed by atoms with Crippen molar-refractivity contribution in [2.45, 2.75) is 6.92 Å². The number of nitrogens with one attached hydrogen (secondary N) is 2. The first-order chi connectivity index (χ1) is 18.4. The minimum absolute atomic E-state index is 0.0502. The van der Waals surface area contributed by atoms with Crippen molar-refractivity contribution in [2.75, 3.05) is 61.8 Å². The van der Waals surface area contributed by atoms with Gasteiger partial charge in [0.15, 0.2) is 0 Å². The molecule has 38 heavy (non-hydrogen) atoms. The molecule has 2 N–H and O–H groups in total. The third-order valence-electron chi connectivity index (χ3n) is 7.21. The number of likely N-dealkylation sites (N-methyl/N-ethyl adjacent to an activating group) is 2. The molecule has 0 aliphatic carbocycles. The van der Waals surface area contributed by atoms with Crippen LogP contribution in [0.15, 0.2) is 72.8 Å². The van der Waals surface area contributed by atoms with Crippen LogP contribution in [0.2, 0.25) is 0 Å². The molecule has 0 unspecified atom stereocenters. The van der Waals surface area contributed by atoms with Gasteiger partial charge >= 0.3 is 0 Å². The summed E-state index contributed by atoms with van der Waals surface area (Å²) in [6.45, 7) is 7.38. The maximum atomic E-state index is 13.8. The van der Waals surface area contributed by atoms with Gasteiger partial charge < -0.3 is 20.4 Å². The van der Waals surface area contributed by atoms with Crippen LogP contribution in [0, 0.1) is 5.82 Å². The second kappa shape index (κ2) is 11.2. The van der Waals surface area contributed by atoms with Crippen molar-refractivity contribution in [3.63, 3.8) is 0 Å². The van der Waals surface area contributed by atoms with Crippen LogP contribution < -0.4 is 15.5 Å². The molecule has 196 valence electrons. The van der Waals surface area contributed by atoms with E-state index in [0.717, 1.165) is 49.7 Å². The molecule has 2 amide bonds. The molecular formula is C30H32FN5O2. The van der Waals surface area contributed by atoms with Crippen LogP contribution in [-0.2, 0) is 9.59 Å². The van der Waals surface area contributed by atoms with Gasteiger partial charge in [-0.1, -0.05) is 37.3 Å². The van der Waals surface area contributed by atoms with E-state index >= 15 is 0 Å². The average Bonchev–Trinajstić information content (AvgIpc) is 3.26. The number of halogens is 1. The predicted molar refractivity (Wildman–Crippen MR) is 150 cm³/mol. The van der Waals surface area contributed by atoms with Gasteiger partial charge in [0, 0.05) is 50.2 Å². The third-order valence-corrected chi connectivity index (χ3v) is 7.21. The van der Waals surface area contributed by atoms with E-state index in [4.69, 9.17) is 0 Å². The van der Waals surface area contributed by atoms with Crippen molar-refractivity contribution in [2.24, 2.45) is 0 Å². The minimum Gasteiger partial charge on any atom is -0.354 e. The maximum absolute atomic E-state index is 13.8. The molecule has 0 atom stereocenters. The molecule has 0 saturated carbocycles. The molecule has 5 rings (SSSR count). The van der Waals surface area contributed by atoms with E-state index in [9.17, 15) is 14.0 Å². The number of amides is 2. The summed E-state index contributed by atoms with van der Waals surface area (Å²) in [4.78, 5) is 32.2. The second-order valence-corrected chi connectivity index (χ2v) is 9.60. The number of rotatable bonds is 7. The Labute approximate surface area is 222 Å². The van der Waals surface area contributed by atoms with Gasteiger partial charge in [-0.15, -0.1) is 0 Å². The Kier molecular flexibility index (Phi) is 7.53. The minimum atomic E-state index is -0.406. The molecule has 0 spiro atoms. The van der Waals surface area contributed by atoms with Gasteiger partial charge in [0.05, 0.1) is 23.5 Å². The number of nitrogens with zero attached hydrogens (tertiary/aromatic N) is 3. The van der Waals surface area contributed by atoms with E-state index in [1.54, 1.807) is 18.0 Å². The molecule has 2 heterocycles. The van der Waals surface area contributed by atoms with E-state index in [1.807, 2.05) is 54.6 Å². The van der Waals surface area contributed by atoms with Crippen LogP contribution in [0.1, 0.15) is 18.1 Å². The topological polar surface area (TPSA) is 67.9 Å². The van der Waals surface area contributed by atoms with Gasteiger partial charge in [-0.2, -0.15) is 0 Å². The molecule has 0 aromatic heterocycles. The Morgan fingerprint density at radius 1 is 0.974 bits per heavy atom. The summed E-state index contributed by atoms with van der Waals surface area (Å²) in [5.74, 6) is -0.648. The van der Waals surface area contributed by atoms with Crippen molar-refractivity contribution in [3.05, 3.63) is 89.7 Å². The number of carbonyl (C=O) groups is 2. The SMILES string of the molecule is CCN1CCN(CC(=O)N(C)c2ccc(NC(=C3C(=O)Nc4cc(F)ccc43)c3ccccc3)cc2)CC1. The number of hydrogen-bond acceptors (Lipinski definition) is 5. The first-order valence-electron chi connectivity index (χ1n) is 12.9. The van der Waals surface area contributed by atoms with Crippen molar-refractivity contribution in [1.82, 2.24) is 9.80 Å². The van der Waals surface area contributed by atoms with Crippen molar-refractivity contribution in [3.8, 4) is 0 Å². The summed E-state index contributed by atoms with van der Waals surface area (Å²) in [6, 6.07) is 21.4. The van der Waals surface area contributed by atoms with E-state index in [1.165, 1.54) is 12.1 Å². The second-order valence-electron chi connectivity index (χ2n) is 9.60. The summed E-state index contributed by atoms with van der Waals surface area (Å²) in [6.07, 6.45) is 0. The normalized spacial score (nSPS) is 17.1. The van der Waals surface area contributed by atoms with Crippen LogP contribution in [0.4, 0.5) is 21.5 Å². The third kappa shape index (κ3) is 5.46. The Morgan fingerprint density at radius 2 is 1.66 bits per heavy atom. The maximum Gasteiger partial charge on any atom is 0.258 e. The Morgan fingerprint density at radius 3 is 2.34 bits per heavy atom. The highest BCUT2D eigenvalue weighted by Gasteiger charge is 2.29. The summed E-state index contributed by atoms with van der Waals surface area (Å²) in [5, 5.41) is 6.17. The standard InChI is InChI=1S/C30H32FN5O2/c1-3-35-15-17-36(18-16-35)20-27(37)34(2)24-12-10-23(11-13-24)32-29(21-7-5-4-6-8-21)28-25-14-9-22(31)19-26(25)33-30(28)38/h4-14,19,32H,3,15-18,20H2,1-2H3,(H,33,38). The van der Waals surface area contributed by atoms with E-state index in [2.05, 4.69) is 27.4 Å². The smallest absolute Gasteiger partial charge is 0.258 e. The highest BCUT2D eigenvalue weighted by atomic mass is 19.1. The highest BCUT2D eigenvalue weighted by Crippen LogP contribution is 2.38. The lowest BCUT2D eigenvalue weighted by molar-refractivity contribution is -0.119. The fourth-order valence-electron chi connectivity index (χ4n) is 4.89. The zero-order valence-corrected chi connectivity index (χ0v) is 21.7. The van der Waals surface area contributed by atoms with Gasteiger partial charge in [-0.25, -0.2) is 4.39 Å². The van der Waals surface area contributed by atoms with Gasteiger partial charge in [-0.05, 0) is 54.6 Å².